The number of rotatable bonds is 10. The lowest BCUT2D eigenvalue weighted by molar-refractivity contribution is -0.144. The van der Waals surface area contributed by atoms with E-state index in [1.807, 2.05) is 0 Å². The maximum atomic E-state index is 14.4. The summed E-state index contributed by atoms with van der Waals surface area (Å²) < 4.78 is 349. The van der Waals surface area contributed by atoms with Gasteiger partial charge in [-0.1, -0.05) is 35.0 Å². The van der Waals surface area contributed by atoms with E-state index in [9.17, 15) is 105 Å². The van der Waals surface area contributed by atoms with E-state index in [1.54, 1.807) is 6.92 Å². The van der Waals surface area contributed by atoms with Crippen LogP contribution in [-0.4, -0.2) is 15.0 Å². The van der Waals surface area contributed by atoms with Crippen molar-refractivity contribution in [3.05, 3.63) is 158 Å². The maximum Gasteiger partial charge on any atom is 0.416 e. The zero-order valence-corrected chi connectivity index (χ0v) is 37.2. The summed E-state index contributed by atoms with van der Waals surface area (Å²) in [6.45, 7) is -0.962. The summed E-state index contributed by atoms with van der Waals surface area (Å²) in [5.41, 5.74) is -19.2. The summed E-state index contributed by atoms with van der Waals surface area (Å²) in [6.07, 6.45) is -46.0. The topological polar surface area (TPSA) is 39.9 Å². The molecule has 0 bridgehead atoms. The van der Waals surface area contributed by atoms with Crippen molar-refractivity contribution in [1.82, 2.24) is 15.0 Å². The minimum Gasteiger partial charge on any atom is -0.343 e. The molecule has 4 nitrogen and oxygen atoms in total. The predicted molar refractivity (Wildman–Crippen MR) is 213 cm³/mol. The van der Waals surface area contributed by atoms with Crippen molar-refractivity contribution in [1.29, 1.82) is 0 Å². The second-order valence-corrected chi connectivity index (χ2v) is 19.5. The van der Waals surface area contributed by atoms with Gasteiger partial charge in [0, 0.05) is 18.5 Å². The Morgan fingerprint density at radius 3 is 0.945 bits per heavy atom. The van der Waals surface area contributed by atoms with Gasteiger partial charge in [0.2, 0.25) is 0 Å². The fourth-order valence-corrected chi connectivity index (χ4v) is 11.2. The lowest BCUT2D eigenvalue weighted by Gasteiger charge is -2.26. The van der Waals surface area contributed by atoms with Crippen LogP contribution in [0, 0.1) is 6.92 Å². The second-order valence-electron chi connectivity index (χ2n) is 15.5. The number of benzene rings is 5. The van der Waals surface area contributed by atoms with Crippen LogP contribution in [-0.2, 0) is 67.1 Å². The van der Waals surface area contributed by atoms with Crippen molar-refractivity contribution >= 4 is 42.7 Å². The maximum absolute atomic E-state index is 14.4. The molecule has 0 N–H and O–H groups in total. The molecule has 0 radical (unpaired) electrons. The zero-order valence-electron chi connectivity index (χ0n) is 35.4. The van der Waals surface area contributed by atoms with Crippen molar-refractivity contribution in [3.8, 4) is 0 Å². The number of nitrogens with zero attached hydrogens (tertiary/aromatic N) is 3. The van der Waals surface area contributed by atoms with E-state index < -0.39 is 180 Å². The normalized spacial score (nSPS) is 13.7. The Kier molecular flexibility index (Phi) is 15.2. The molecule has 1 heterocycles. The summed E-state index contributed by atoms with van der Waals surface area (Å²) in [5, 5.41) is 1.80. The first-order chi connectivity index (χ1) is 33.1. The molecule has 6 aromatic rings. The fourth-order valence-electron chi connectivity index (χ4n) is 6.72. The Balaban J connectivity index is 1.74. The van der Waals surface area contributed by atoms with Gasteiger partial charge in [-0.15, -0.1) is 5.10 Å². The van der Waals surface area contributed by atoms with E-state index in [-0.39, 0.29) is 54.1 Å². The van der Waals surface area contributed by atoms with Crippen LogP contribution in [0.4, 0.5) is 105 Å². The number of halogens is 24. The molecule has 0 saturated heterocycles. The molecule has 0 aliphatic rings. The Labute approximate surface area is 395 Å². The Morgan fingerprint density at radius 1 is 0.397 bits per heavy atom. The summed E-state index contributed by atoms with van der Waals surface area (Å²) in [7, 11) is -7.82. The van der Waals surface area contributed by atoms with Gasteiger partial charge in [-0.25, -0.2) is 4.68 Å². The monoisotopic (exact) mass is 1120 g/mol. The van der Waals surface area contributed by atoms with Crippen molar-refractivity contribution in [2.45, 2.75) is 69.5 Å². The standard InChI is InChI=1S/C43H23F24N3OP2/c1-20-2-4-21(5-3-20)18-70-35(72(30-10-22(36(44,45)46)6-23(11-30)37(47,48)49)31-12-24(38(50,51)52)7-25(13-31)39(53,54)55)34(68-69-70)19-71-73(32-14-26(40(56,57)58)8-27(15-32)41(59,60)61)33-16-28(42(62,63)64)9-29(17-33)43(65,66)67/h2-17H,18-19H2,1H3. The van der Waals surface area contributed by atoms with Crippen LogP contribution in [0.1, 0.15) is 61.3 Å². The smallest absolute Gasteiger partial charge is 0.343 e. The van der Waals surface area contributed by atoms with Crippen LogP contribution in [0.15, 0.2) is 97.1 Å². The molecule has 0 fully saturated rings. The van der Waals surface area contributed by atoms with Crippen LogP contribution < -0.4 is 26.7 Å². The molecule has 0 saturated carbocycles. The van der Waals surface area contributed by atoms with Gasteiger partial charge in [0.05, 0.1) is 71.2 Å². The molecule has 394 valence electrons. The van der Waals surface area contributed by atoms with Gasteiger partial charge in [-0.2, -0.15) is 105 Å². The van der Waals surface area contributed by atoms with Crippen LogP contribution in [0.2, 0.25) is 0 Å². The lowest BCUT2D eigenvalue weighted by atomic mass is 10.1. The van der Waals surface area contributed by atoms with E-state index in [4.69, 9.17) is 4.52 Å². The van der Waals surface area contributed by atoms with Gasteiger partial charge < -0.3 is 4.52 Å². The van der Waals surface area contributed by atoms with Gasteiger partial charge in [0.1, 0.15) is 5.69 Å². The Morgan fingerprint density at radius 2 is 0.671 bits per heavy atom. The first-order valence-corrected chi connectivity index (χ1v) is 22.1. The Hall–Kier alpha value is -5.62. The molecular formula is C43H23F24N3OP2. The third kappa shape index (κ3) is 13.6. The highest BCUT2D eigenvalue weighted by Gasteiger charge is 2.44. The van der Waals surface area contributed by atoms with Crippen LogP contribution >= 0.6 is 16.1 Å². The van der Waals surface area contributed by atoms with E-state index in [2.05, 4.69) is 10.3 Å². The molecule has 5 aromatic carbocycles. The van der Waals surface area contributed by atoms with E-state index in [0.717, 1.165) is 0 Å². The quantitative estimate of drug-likeness (QED) is 0.101. The molecule has 30 heteroatoms. The number of aryl methyl sites for hydroxylation is 1. The van der Waals surface area contributed by atoms with Gasteiger partial charge >= 0.3 is 49.4 Å². The number of hydrogen-bond acceptors (Lipinski definition) is 3. The molecule has 0 spiro atoms. The summed E-state index contributed by atoms with van der Waals surface area (Å²) in [5.74, 6) is 0. The van der Waals surface area contributed by atoms with Gasteiger partial charge in [-0.05, 0) is 95.9 Å². The molecule has 1 aromatic heterocycles. The highest BCUT2D eigenvalue weighted by Crippen LogP contribution is 2.47. The summed E-state index contributed by atoms with van der Waals surface area (Å²) >= 11 is 0. The SMILES string of the molecule is Cc1ccc(Cn2nnc(COP(c3cc(C(F)(F)F)cc(C(F)(F)F)c3)c3cc(C(F)(F)F)cc(C(F)(F)F)c3)c2P(c2cc(C(F)(F)F)cc(C(F)(F)F)c2)c2cc(C(F)(F)F)cc(C(F)(F)F)c2)cc1. The van der Waals surface area contributed by atoms with E-state index in [0.29, 0.717) is 10.2 Å². The molecular weight excluding hydrogens is 1090 g/mol. The first kappa shape index (κ1) is 56.7. The van der Waals surface area contributed by atoms with Crippen LogP contribution in [0.25, 0.3) is 0 Å². The van der Waals surface area contributed by atoms with Crippen LogP contribution in [0.5, 0.6) is 0 Å². The lowest BCUT2D eigenvalue weighted by Crippen LogP contribution is -2.32. The van der Waals surface area contributed by atoms with Crippen LogP contribution in [0.3, 0.4) is 0 Å². The van der Waals surface area contributed by atoms with Crippen molar-refractivity contribution in [3.63, 3.8) is 0 Å². The molecule has 0 aliphatic heterocycles. The largest absolute Gasteiger partial charge is 0.416 e. The van der Waals surface area contributed by atoms with Crippen molar-refractivity contribution in [2.75, 3.05) is 0 Å². The minimum absolute atomic E-state index is 0.0498. The molecule has 6 rings (SSSR count). The molecule has 0 unspecified atom stereocenters. The van der Waals surface area contributed by atoms with Gasteiger partial charge in [0.25, 0.3) is 0 Å². The number of aromatic nitrogens is 3. The predicted octanol–water partition coefficient (Wildman–Crippen LogP) is 14.1. The van der Waals surface area contributed by atoms with Crippen molar-refractivity contribution < 1.29 is 110 Å². The average Bonchev–Trinajstić information content (AvgIpc) is 3.62. The van der Waals surface area contributed by atoms with E-state index >= 15 is 0 Å². The second kappa shape index (κ2) is 19.6. The third-order valence-electron chi connectivity index (χ3n) is 10.0. The molecule has 0 atom stereocenters. The van der Waals surface area contributed by atoms with Gasteiger partial charge in [-0.3, -0.25) is 0 Å². The molecule has 0 aliphatic carbocycles. The zero-order chi connectivity index (χ0) is 54.8. The first-order valence-electron chi connectivity index (χ1n) is 19.5. The summed E-state index contributed by atoms with van der Waals surface area (Å²) in [6, 6.07) is 2.35. The number of alkyl halides is 24. The van der Waals surface area contributed by atoms with Crippen molar-refractivity contribution in [2.24, 2.45) is 0 Å². The average molecular weight is 1120 g/mol. The highest BCUT2D eigenvalue weighted by atomic mass is 31.1. The molecule has 73 heavy (non-hydrogen) atoms. The Bertz CT molecular complexity index is 2680. The fraction of sp³-hybridized carbons (Fsp3) is 0.256. The number of hydrogen-bond donors (Lipinski definition) is 0. The molecule has 0 amide bonds. The van der Waals surface area contributed by atoms with Gasteiger partial charge in [0.15, 0.2) is 0 Å². The summed E-state index contributed by atoms with van der Waals surface area (Å²) in [4.78, 5) is 0. The third-order valence-corrected chi connectivity index (χ3v) is 14.3. The highest BCUT2D eigenvalue weighted by molar-refractivity contribution is 7.79. The minimum atomic E-state index is -5.76. The van der Waals surface area contributed by atoms with E-state index in [1.165, 1.54) is 24.3 Å².